The van der Waals surface area contributed by atoms with Crippen LogP contribution in [0.25, 0.3) is 0 Å². The van der Waals surface area contributed by atoms with Crippen molar-refractivity contribution >= 4 is 28.8 Å². The van der Waals surface area contributed by atoms with Gasteiger partial charge in [-0.1, -0.05) is 6.92 Å². The Bertz CT molecular complexity index is 477. The van der Waals surface area contributed by atoms with Crippen molar-refractivity contribution in [2.75, 3.05) is 11.9 Å². The number of anilines is 1. The maximum atomic E-state index is 5.92. The van der Waals surface area contributed by atoms with Crippen molar-refractivity contribution in [2.45, 2.75) is 25.8 Å². The number of hydrogen-bond acceptors (Lipinski definition) is 4. The summed E-state index contributed by atoms with van der Waals surface area (Å²) in [4.78, 5) is 11.0. The van der Waals surface area contributed by atoms with Gasteiger partial charge in [0.2, 0.25) is 0 Å². The summed E-state index contributed by atoms with van der Waals surface area (Å²) >= 11 is 7.53. The highest BCUT2D eigenvalue weighted by atomic mass is 35.5. The van der Waals surface area contributed by atoms with Gasteiger partial charge in [0, 0.05) is 24.0 Å². The Balaban J connectivity index is 2.20. The molecular weight excluding hydrogens is 266 g/mol. The van der Waals surface area contributed by atoms with Crippen molar-refractivity contribution in [3.05, 3.63) is 40.0 Å². The van der Waals surface area contributed by atoms with E-state index in [0.717, 1.165) is 35.7 Å². The monoisotopic (exact) mass is 281 g/mol. The van der Waals surface area contributed by atoms with Crippen LogP contribution in [0.15, 0.2) is 23.0 Å². The van der Waals surface area contributed by atoms with Gasteiger partial charge in [0.05, 0.1) is 17.7 Å². The van der Waals surface area contributed by atoms with Gasteiger partial charge >= 0.3 is 0 Å². The van der Waals surface area contributed by atoms with Crippen molar-refractivity contribution in [3.63, 3.8) is 0 Å². The number of pyridine rings is 1. The normalized spacial score (nSPS) is 10.6. The van der Waals surface area contributed by atoms with Crippen LogP contribution in [0.2, 0.25) is 0 Å². The zero-order valence-corrected chi connectivity index (χ0v) is 12.1. The van der Waals surface area contributed by atoms with E-state index in [1.54, 1.807) is 11.3 Å². The van der Waals surface area contributed by atoms with E-state index in [2.05, 4.69) is 33.2 Å². The number of nitrogens with zero attached hydrogens (tertiary/aromatic N) is 3. The van der Waals surface area contributed by atoms with Crippen LogP contribution in [0.1, 0.15) is 23.9 Å². The van der Waals surface area contributed by atoms with Gasteiger partial charge in [-0.05, 0) is 24.1 Å². The van der Waals surface area contributed by atoms with Crippen molar-refractivity contribution < 1.29 is 0 Å². The molecule has 0 aromatic carbocycles. The number of thiazole rings is 1. The molecule has 5 heteroatoms. The number of aromatic nitrogens is 2. The first-order valence-corrected chi connectivity index (χ1v) is 7.34. The molecule has 0 aliphatic heterocycles. The molecule has 0 spiro atoms. The summed E-state index contributed by atoms with van der Waals surface area (Å²) in [5.41, 5.74) is 5.11. The average Bonchev–Trinajstić information content (AvgIpc) is 2.90. The predicted molar refractivity (Wildman–Crippen MR) is 77.4 cm³/mol. The van der Waals surface area contributed by atoms with Gasteiger partial charge in [-0.25, -0.2) is 9.97 Å². The molecule has 0 amide bonds. The van der Waals surface area contributed by atoms with Crippen LogP contribution >= 0.6 is 22.9 Å². The molecule has 2 heterocycles. The standard InChI is InChI=1S/C13H16ClN3S/c1-3-11-4-10(6-14)5-13(16-11)17(2)7-12-8-18-9-15-12/h4-5,8-9H,3,6-7H2,1-2H3. The molecule has 0 fully saturated rings. The molecule has 18 heavy (non-hydrogen) atoms. The van der Waals surface area contributed by atoms with Crippen molar-refractivity contribution in [1.29, 1.82) is 0 Å². The minimum atomic E-state index is 0.521. The van der Waals surface area contributed by atoms with E-state index in [1.807, 2.05) is 18.6 Å². The summed E-state index contributed by atoms with van der Waals surface area (Å²) < 4.78 is 0. The van der Waals surface area contributed by atoms with Crippen molar-refractivity contribution in [1.82, 2.24) is 9.97 Å². The summed E-state index contributed by atoms with van der Waals surface area (Å²) in [6, 6.07) is 4.10. The molecule has 0 N–H and O–H groups in total. The second-order valence-electron chi connectivity index (χ2n) is 4.15. The third kappa shape index (κ3) is 3.21. The number of alkyl halides is 1. The predicted octanol–water partition coefficient (Wildman–Crippen LogP) is 3.48. The Labute approximate surface area is 116 Å². The minimum Gasteiger partial charge on any atom is -0.354 e. The Kier molecular flexibility index (Phi) is 4.55. The summed E-state index contributed by atoms with van der Waals surface area (Å²) in [5.74, 6) is 1.48. The highest BCUT2D eigenvalue weighted by Gasteiger charge is 2.07. The molecule has 2 aromatic rings. The maximum Gasteiger partial charge on any atom is 0.129 e. The molecule has 0 aliphatic carbocycles. The van der Waals surface area contributed by atoms with Crippen LogP contribution in [0.4, 0.5) is 5.82 Å². The third-order valence-corrected chi connectivity index (χ3v) is 3.66. The van der Waals surface area contributed by atoms with Crippen LogP contribution in [0.5, 0.6) is 0 Å². The molecular formula is C13H16ClN3S. The van der Waals surface area contributed by atoms with Gasteiger partial charge in [-0.3, -0.25) is 0 Å². The molecule has 0 saturated heterocycles. The van der Waals surface area contributed by atoms with E-state index in [4.69, 9.17) is 11.6 Å². The van der Waals surface area contributed by atoms with E-state index >= 15 is 0 Å². The fourth-order valence-corrected chi connectivity index (χ4v) is 2.43. The largest absolute Gasteiger partial charge is 0.354 e. The van der Waals surface area contributed by atoms with E-state index in [1.165, 1.54) is 0 Å². The van der Waals surface area contributed by atoms with Gasteiger partial charge in [0.1, 0.15) is 5.82 Å². The Morgan fingerprint density at radius 1 is 1.33 bits per heavy atom. The van der Waals surface area contributed by atoms with E-state index in [9.17, 15) is 0 Å². The molecule has 0 bridgehead atoms. The summed E-state index contributed by atoms with van der Waals surface area (Å²) in [7, 11) is 2.03. The van der Waals surface area contributed by atoms with Crippen LogP contribution in [-0.2, 0) is 18.8 Å². The van der Waals surface area contributed by atoms with Crippen molar-refractivity contribution in [2.24, 2.45) is 0 Å². The molecule has 0 unspecified atom stereocenters. The highest BCUT2D eigenvalue weighted by molar-refractivity contribution is 7.07. The smallest absolute Gasteiger partial charge is 0.129 e. The van der Waals surface area contributed by atoms with E-state index in [0.29, 0.717) is 5.88 Å². The molecule has 0 atom stereocenters. The van der Waals surface area contributed by atoms with Gasteiger partial charge in [0.25, 0.3) is 0 Å². The Morgan fingerprint density at radius 2 is 2.17 bits per heavy atom. The zero-order valence-electron chi connectivity index (χ0n) is 10.6. The number of hydrogen-bond donors (Lipinski definition) is 0. The maximum absolute atomic E-state index is 5.92. The second kappa shape index (κ2) is 6.16. The summed E-state index contributed by atoms with van der Waals surface area (Å²) in [6.45, 7) is 2.87. The zero-order chi connectivity index (χ0) is 13.0. The first-order valence-electron chi connectivity index (χ1n) is 5.87. The highest BCUT2D eigenvalue weighted by Crippen LogP contribution is 2.18. The summed E-state index contributed by atoms with van der Waals surface area (Å²) in [6.07, 6.45) is 0.919. The first kappa shape index (κ1) is 13.3. The van der Waals surface area contributed by atoms with Crippen molar-refractivity contribution in [3.8, 4) is 0 Å². The van der Waals surface area contributed by atoms with Gasteiger partial charge < -0.3 is 4.90 Å². The number of halogens is 1. The lowest BCUT2D eigenvalue weighted by atomic mass is 10.2. The Hall–Kier alpha value is -1.13. The number of rotatable bonds is 5. The molecule has 0 saturated carbocycles. The van der Waals surface area contributed by atoms with Gasteiger partial charge in [0.15, 0.2) is 0 Å². The van der Waals surface area contributed by atoms with Crippen LogP contribution in [0.3, 0.4) is 0 Å². The minimum absolute atomic E-state index is 0.521. The van der Waals surface area contributed by atoms with Crippen LogP contribution < -0.4 is 4.90 Å². The van der Waals surface area contributed by atoms with Crippen LogP contribution in [-0.4, -0.2) is 17.0 Å². The first-order chi connectivity index (χ1) is 8.72. The van der Waals surface area contributed by atoms with Gasteiger partial charge in [-0.2, -0.15) is 0 Å². The lowest BCUT2D eigenvalue weighted by Gasteiger charge is -2.18. The molecule has 2 rings (SSSR count). The quantitative estimate of drug-likeness (QED) is 0.786. The molecule has 0 aliphatic rings. The van der Waals surface area contributed by atoms with E-state index < -0.39 is 0 Å². The average molecular weight is 282 g/mol. The fourth-order valence-electron chi connectivity index (χ4n) is 1.73. The second-order valence-corrected chi connectivity index (χ2v) is 5.13. The topological polar surface area (TPSA) is 29.0 Å². The number of aryl methyl sites for hydroxylation is 1. The molecule has 2 aromatic heterocycles. The lowest BCUT2D eigenvalue weighted by Crippen LogP contribution is -2.18. The lowest BCUT2D eigenvalue weighted by molar-refractivity contribution is 0.860. The molecule has 0 radical (unpaired) electrons. The summed E-state index contributed by atoms with van der Waals surface area (Å²) in [5, 5.41) is 2.06. The Morgan fingerprint density at radius 3 is 2.78 bits per heavy atom. The van der Waals surface area contributed by atoms with Crippen LogP contribution in [0, 0.1) is 0 Å². The molecule has 3 nitrogen and oxygen atoms in total. The van der Waals surface area contributed by atoms with E-state index in [-0.39, 0.29) is 0 Å². The third-order valence-electron chi connectivity index (χ3n) is 2.71. The van der Waals surface area contributed by atoms with Gasteiger partial charge in [-0.15, -0.1) is 22.9 Å². The SMILES string of the molecule is CCc1cc(CCl)cc(N(C)Cc2cscn2)n1. The molecule has 96 valence electrons. The fraction of sp³-hybridized carbons (Fsp3) is 0.385.